The number of aryl methyl sites for hydroxylation is 1. The molecule has 2 rings (SSSR count). The number of carbonyl (C=O) groups is 2. The van der Waals surface area contributed by atoms with Crippen molar-refractivity contribution >= 4 is 29.2 Å². The number of hydrogen-bond donors (Lipinski definition) is 2. The summed E-state index contributed by atoms with van der Waals surface area (Å²) >= 11 is 5.96. The van der Waals surface area contributed by atoms with Crippen LogP contribution in [0, 0.1) is 6.92 Å². The maximum atomic E-state index is 11.9. The molecule has 1 aliphatic heterocycles. The Labute approximate surface area is 115 Å². The third kappa shape index (κ3) is 3.24. The van der Waals surface area contributed by atoms with E-state index in [2.05, 4.69) is 5.32 Å². The Bertz CT molecular complexity index is 517. The average Bonchev–Trinajstić information content (AvgIpc) is 2.83. The molecule has 1 aromatic carbocycles. The quantitative estimate of drug-likeness (QED) is 0.892. The van der Waals surface area contributed by atoms with Crippen LogP contribution in [-0.2, 0) is 14.3 Å². The second kappa shape index (κ2) is 5.59. The Hall–Kier alpha value is -1.59. The van der Waals surface area contributed by atoms with Gasteiger partial charge in [0.05, 0.1) is 0 Å². The summed E-state index contributed by atoms with van der Waals surface area (Å²) < 4.78 is 5.17. The molecule has 19 heavy (non-hydrogen) atoms. The molecule has 1 aliphatic rings. The van der Waals surface area contributed by atoms with Gasteiger partial charge in [0, 0.05) is 10.7 Å². The van der Waals surface area contributed by atoms with Gasteiger partial charge in [-0.1, -0.05) is 17.7 Å². The molecular formula is C13H14ClNO4. The highest BCUT2D eigenvalue weighted by Gasteiger charge is 2.34. The number of ether oxygens (including phenoxy) is 1. The first-order valence-corrected chi connectivity index (χ1v) is 6.30. The summed E-state index contributed by atoms with van der Waals surface area (Å²) in [5, 5.41) is 12.0. The smallest absolute Gasteiger partial charge is 0.332 e. The lowest BCUT2D eigenvalue weighted by molar-refractivity contribution is -0.150. The van der Waals surface area contributed by atoms with Gasteiger partial charge in [-0.15, -0.1) is 0 Å². The molecule has 0 aromatic heterocycles. The lowest BCUT2D eigenvalue weighted by Gasteiger charge is -2.12. The van der Waals surface area contributed by atoms with Crippen molar-refractivity contribution in [3.05, 3.63) is 28.8 Å². The molecule has 1 aromatic rings. The van der Waals surface area contributed by atoms with E-state index in [0.717, 1.165) is 5.56 Å². The maximum absolute atomic E-state index is 11.9. The van der Waals surface area contributed by atoms with Gasteiger partial charge in [-0.3, -0.25) is 4.79 Å². The van der Waals surface area contributed by atoms with Crippen molar-refractivity contribution in [1.82, 2.24) is 0 Å². The van der Waals surface area contributed by atoms with E-state index in [1.807, 2.05) is 6.92 Å². The summed E-state index contributed by atoms with van der Waals surface area (Å²) in [4.78, 5) is 22.6. The third-order valence-electron chi connectivity index (χ3n) is 3.03. The van der Waals surface area contributed by atoms with Crippen molar-refractivity contribution in [3.8, 4) is 0 Å². The summed E-state index contributed by atoms with van der Waals surface area (Å²) in [7, 11) is 0. The van der Waals surface area contributed by atoms with Gasteiger partial charge in [-0.2, -0.15) is 0 Å². The number of benzene rings is 1. The fourth-order valence-corrected chi connectivity index (χ4v) is 2.09. The van der Waals surface area contributed by atoms with E-state index in [1.165, 1.54) is 0 Å². The molecule has 1 saturated heterocycles. The summed E-state index contributed by atoms with van der Waals surface area (Å²) in [6.07, 6.45) is -0.858. The van der Waals surface area contributed by atoms with E-state index in [0.29, 0.717) is 23.6 Å². The summed E-state index contributed by atoms with van der Waals surface area (Å²) in [5.41, 5.74) is 1.49. The SMILES string of the molecule is Cc1ccc(NC(=O)C2CCC(C(=O)O)O2)cc1Cl. The summed E-state index contributed by atoms with van der Waals surface area (Å²) in [6, 6.07) is 5.19. The van der Waals surface area contributed by atoms with Crippen LogP contribution in [0.3, 0.4) is 0 Å². The molecule has 2 atom stereocenters. The van der Waals surface area contributed by atoms with E-state index in [-0.39, 0.29) is 5.91 Å². The normalized spacial score (nSPS) is 22.2. The number of nitrogens with one attached hydrogen (secondary N) is 1. The number of amides is 1. The number of carboxylic acids is 1. The minimum Gasteiger partial charge on any atom is -0.479 e. The van der Waals surface area contributed by atoms with Gasteiger partial charge in [0.25, 0.3) is 5.91 Å². The van der Waals surface area contributed by atoms with Crippen LogP contribution in [0.15, 0.2) is 18.2 Å². The Kier molecular flexibility index (Phi) is 4.07. The topological polar surface area (TPSA) is 75.6 Å². The Morgan fingerprint density at radius 3 is 2.63 bits per heavy atom. The highest BCUT2D eigenvalue weighted by atomic mass is 35.5. The molecule has 1 heterocycles. The maximum Gasteiger partial charge on any atom is 0.332 e. The highest BCUT2D eigenvalue weighted by molar-refractivity contribution is 6.31. The minimum absolute atomic E-state index is 0.344. The zero-order chi connectivity index (χ0) is 14.0. The van der Waals surface area contributed by atoms with Gasteiger partial charge in [0.2, 0.25) is 0 Å². The molecule has 0 bridgehead atoms. The van der Waals surface area contributed by atoms with Gasteiger partial charge < -0.3 is 15.2 Å². The van der Waals surface area contributed by atoms with Gasteiger partial charge in [-0.25, -0.2) is 4.79 Å². The summed E-state index contributed by atoms with van der Waals surface area (Å²) in [5.74, 6) is -1.38. The lowest BCUT2D eigenvalue weighted by Crippen LogP contribution is -2.29. The van der Waals surface area contributed by atoms with Crippen molar-refractivity contribution in [3.63, 3.8) is 0 Å². The van der Waals surface area contributed by atoms with Crippen LogP contribution in [0.5, 0.6) is 0 Å². The van der Waals surface area contributed by atoms with E-state index >= 15 is 0 Å². The van der Waals surface area contributed by atoms with E-state index in [1.54, 1.807) is 18.2 Å². The minimum atomic E-state index is -1.03. The first-order chi connectivity index (χ1) is 8.97. The van der Waals surface area contributed by atoms with Gasteiger partial charge in [0.1, 0.15) is 6.10 Å². The number of hydrogen-bond acceptors (Lipinski definition) is 3. The number of carbonyl (C=O) groups excluding carboxylic acids is 1. The van der Waals surface area contributed by atoms with Crippen molar-refractivity contribution in [2.24, 2.45) is 0 Å². The van der Waals surface area contributed by atoms with Gasteiger partial charge >= 0.3 is 5.97 Å². The van der Waals surface area contributed by atoms with E-state index < -0.39 is 18.2 Å². The molecule has 1 fully saturated rings. The van der Waals surface area contributed by atoms with Crippen LogP contribution in [0.25, 0.3) is 0 Å². The predicted octanol–water partition coefficient (Wildman–Crippen LogP) is 2.22. The second-order valence-corrected chi connectivity index (χ2v) is 4.89. The number of rotatable bonds is 3. The van der Waals surface area contributed by atoms with E-state index in [4.69, 9.17) is 21.4 Å². The molecule has 0 spiro atoms. The standard InChI is InChI=1S/C13H14ClNO4/c1-7-2-3-8(6-9(7)14)15-12(16)10-4-5-11(19-10)13(17)18/h2-3,6,10-11H,4-5H2,1H3,(H,15,16)(H,17,18). The first-order valence-electron chi connectivity index (χ1n) is 5.92. The fraction of sp³-hybridized carbons (Fsp3) is 0.385. The molecule has 1 amide bonds. The van der Waals surface area contributed by atoms with Crippen LogP contribution in [0.1, 0.15) is 18.4 Å². The summed E-state index contributed by atoms with van der Waals surface area (Å²) in [6.45, 7) is 1.87. The first kappa shape index (κ1) is 13.8. The Balaban J connectivity index is 1.98. The van der Waals surface area contributed by atoms with Crippen LogP contribution in [-0.4, -0.2) is 29.2 Å². The van der Waals surface area contributed by atoms with Gasteiger partial charge in [-0.05, 0) is 37.5 Å². The Morgan fingerprint density at radius 2 is 2.05 bits per heavy atom. The number of aliphatic carboxylic acids is 1. The van der Waals surface area contributed by atoms with E-state index in [9.17, 15) is 9.59 Å². The largest absolute Gasteiger partial charge is 0.479 e. The van der Waals surface area contributed by atoms with Crippen molar-refractivity contribution in [1.29, 1.82) is 0 Å². The number of carboxylic acid groups (broad SMARTS) is 1. The van der Waals surface area contributed by atoms with Crippen LogP contribution in [0.4, 0.5) is 5.69 Å². The van der Waals surface area contributed by atoms with Crippen molar-refractivity contribution in [2.45, 2.75) is 32.0 Å². The lowest BCUT2D eigenvalue weighted by atomic mass is 10.2. The molecular weight excluding hydrogens is 270 g/mol. The number of halogens is 1. The fourth-order valence-electron chi connectivity index (χ4n) is 1.91. The zero-order valence-corrected chi connectivity index (χ0v) is 11.1. The molecule has 2 N–H and O–H groups in total. The molecule has 0 saturated carbocycles. The third-order valence-corrected chi connectivity index (χ3v) is 3.43. The van der Waals surface area contributed by atoms with Gasteiger partial charge in [0.15, 0.2) is 6.10 Å². The zero-order valence-electron chi connectivity index (χ0n) is 10.4. The monoisotopic (exact) mass is 283 g/mol. The van der Waals surface area contributed by atoms with Crippen LogP contribution >= 0.6 is 11.6 Å². The molecule has 6 heteroatoms. The average molecular weight is 284 g/mol. The molecule has 0 radical (unpaired) electrons. The predicted molar refractivity (Wildman–Crippen MR) is 70.3 cm³/mol. The van der Waals surface area contributed by atoms with Crippen LogP contribution in [0.2, 0.25) is 5.02 Å². The second-order valence-electron chi connectivity index (χ2n) is 4.48. The molecule has 2 unspecified atom stereocenters. The van der Waals surface area contributed by atoms with Crippen molar-refractivity contribution < 1.29 is 19.4 Å². The molecule has 102 valence electrons. The molecule has 0 aliphatic carbocycles. The molecule has 5 nitrogen and oxygen atoms in total. The highest BCUT2D eigenvalue weighted by Crippen LogP contribution is 2.23. The van der Waals surface area contributed by atoms with Crippen molar-refractivity contribution in [2.75, 3.05) is 5.32 Å². The van der Waals surface area contributed by atoms with Crippen LogP contribution < -0.4 is 5.32 Å². The number of anilines is 1. The Morgan fingerprint density at radius 1 is 1.37 bits per heavy atom.